The van der Waals surface area contributed by atoms with Gasteiger partial charge in [-0.05, 0) is 30.2 Å². The quantitative estimate of drug-likeness (QED) is 0.598. The zero-order chi connectivity index (χ0) is 19.2. The van der Waals surface area contributed by atoms with Crippen molar-refractivity contribution in [3.63, 3.8) is 0 Å². The Kier molecular flexibility index (Phi) is 5.86. The van der Waals surface area contributed by atoms with Gasteiger partial charge in [0.05, 0.1) is 19.0 Å². The summed E-state index contributed by atoms with van der Waals surface area (Å²) in [6, 6.07) is 14.9. The van der Waals surface area contributed by atoms with Gasteiger partial charge in [0.2, 0.25) is 5.88 Å². The molecule has 0 bridgehead atoms. The molecule has 1 amide bonds. The molecule has 0 spiro atoms. The van der Waals surface area contributed by atoms with E-state index in [4.69, 9.17) is 4.74 Å². The topological polar surface area (TPSA) is 76.2 Å². The monoisotopic (exact) mass is 365 g/mol. The third-order valence-electron chi connectivity index (χ3n) is 4.41. The smallest absolute Gasteiger partial charge is 0.269 e. The first kappa shape index (κ1) is 18.6. The second kappa shape index (κ2) is 8.49. The molecule has 1 aromatic heterocycles. The van der Waals surface area contributed by atoms with Gasteiger partial charge in [0.1, 0.15) is 5.75 Å². The fourth-order valence-corrected chi connectivity index (χ4v) is 2.98. The van der Waals surface area contributed by atoms with Gasteiger partial charge in [-0.3, -0.25) is 4.79 Å². The van der Waals surface area contributed by atoms with Gasteiger partial charge in [-0.25, -0.2) is 0 Å². The predicted octanol–water partition coefficient (Wildman–Crippen LogP) is 5.01. The van der Waals surface area contributed by atoms with Crippen molar-refractivity contribution in [2.75, 3.05) is 7.11 Å². The van der Waals surface area contributed by atoms with E-state index in [1.54, 1.807) is 17.7 Å². The van der Waals surface area contributed by atoms with E-state index in [2.05, 4.69) is 17.2 Å². The second-order valence-corrected chi connectivity index (χ2v) is 6.32. The molecular formula is C21H23N3O3. The molecular weight excluding hydrogens is 342 g/mol. The van der Waals surface area contributed by atoms with Crippen molar-refractivity contribution in [3.8, 4) is 11.6 Å². The van der Waals surface area contributed by atoms with E-state index in [1.807, 2.05) is 42.5 Å². The molecule has 0 unspecified atom stereocenters. The van der Waals surface area contributed by atoms with Crippen molar-refractivity contribution < 1.29 is 14.6 Å². The first-order valence-electron chi connectivity index (χ1n) is 9.01. The third kappa shape index (κ3) is 4.16. The summed E-state index contributed by atoms with van der Waals surface area (Å²) >= 11 is 0. The zero-order valence-corrected chi connectivity index (χ0v) is 15.6. The van der Waals surface area contributed by atoms with E-state index in [-0.39, 0.29) is 18.2 Å². The van der Waals surface area contributed by atoms with Crippen LogP contribution in [0.15, 0.2) is 58.8 Å². The van der Waals surface area contributed by atoms with Gasteiger partial charge in [0.25, 0.3) is 5.91 Å². The number of carbonyl (C=O) groups excluding carboxylic acids is 1. The standard InChI is InChI=1S/C21H23N3O3/c1-3-4-12-24-18-11-10-16(27-2)14-17(18)20(21(24)26)23-22-19(25)13-15-8-6-5-7-9-15/h5-11,14,26H,3-4,12-13H2,1-2H3. The minimum Gasteiger partial charge on any atom is -0.497 e. The van der Waals surface area contributed by atoms with Crippen LogP contribution in [-0.4, -0.2) is 22.7 Å². The van der Waals surface area contributed by atoms with Gasteiger partial charge >= 0.3 is 0 Å². The van der Waals surface area contributed by atoms with Crippen LogP contribution in [0.2, 0.25) is 0 Å². The number of carbonyl (C=O) groups is 1. The van der Waals surface area contributed by atoms with Gasteiger partial charge in [0, 0.05) is 11.9 Å². The molecule has 0 fully saturated rings. The summed E-state index contributed by atoms with van der Waals surface area (Å²) < 4.78 is 7.08. The number of azo groups is 1. The molecule has 2 aromatic carbocycles. The Hall–Kier alpha value is -3.15. The lowest BCUT2D eigenvalue weighted by Crippen LogP contribution is -1.97. The Balaban J connectivity index is 1.94. The maximum absolute atomic E-state index is 12.2. The molecule has 0 radical (unpaired) electrons. The normalized spacial score (nSPS) is 11.3. The summed E-state index contributed by atoms with van der Waals surface area (Å²) in [4.78, 5) is 12.2. The highest BCUT2D eigenvalue weighted by atomic mass is 16.5. The molecule has 140 valence electrons. The lowest BCUT2D eigenvalue weighted by atomic mass is 10.1. The minimum atomic E-state index is -0.363. The number of methoxy groups -OCH3 is 1. The number of fused-ring (bicyclic) bond motifs is 1. The molecule has 0 saturated heterocycles. The van der Waals surface area contributed by atoms with Crippen molar-refractivity contribution in [1.29, 1.82) is 0 Å². The van der Waals surface area contributed by atoms with Crippen LogP contribution in [-0.2, 0) is 17.8 Å². The molecule has 1 heterocycles. The lowest BCUT2D eigenvalue weighted by molar-refractivity contribution is -0.117. The molecule has 3 aromatic rings. The van der Waals surface area contributed by atoms with Crippen molar-refractivity contribution in [1.82, 2.24) is 4.57 Å². The van der Waals surface area contributed by atoms with E-state index in [0.29, 0.717) is 23.4 Å². The van der Waals surface area contributed by atoms with Gasteiger partial charge in [-0.1, -0.05) is 43.7 Å². The number of ether oxygens (including phenoxy) is 1. The van der Waals surface area contributed by atoms with Crippen molar-refractivity contribution >= 4 is 22.5 Å². The fraction of sp³-hybridized carbons (Fsp3) is 0.286. The van der Waals surface area contributed by atoms with Crippen LogP contribution in [0.4, 0.5) is 5.69 Å². The van der Waals surface area contributed by atoms with Crippen molar-refractivity contribution in [3.05, 3.63) is 54.1 Å². The summed E-state index contributed by atoms with van der Waals surface area (Å²) in [6.45, 7) is 2.76. The first-order chi connectivity index (χ1) is 13.1. The van der Waals surface area contributed by atoms with Crippen molar-refractivity contribution in [2.24, 2.45) is 10.2 Å². The highest BCUT2D eigenvalue weighted by Gasteiger charge is 2.17. The molecule has 0 aliphatic carbocycles. The molecule has 27 heavy (non-hydrogen) atoms. The number of aromatic nitrogens is 1. The average Bonchev–Trinajstić information content (AvgIpc) is 2.95. The van der Waals surface area contributed by atoms with E-state index in [9.17, 15) is 9.90 Å². The maximum atomic E-state index is 12.2. The van der Waals surface area contributed by atoms with Crippen molar-refractivity contribution in [2.45, 2.75) is 32.7 Å². The van der Waals surface area contributed by atoms with Gasteiger partial charge in [-0.15, -0.1) is 10.2 Å². The number of hydrogen-bond donors (Lipinski definition) is 1. The first-order valence-corrected chi connectivity index (χ1v) is 9.01. The summed E-state index contributed by atoms with van der Waals surface area (Å²) in [6.07, 6.45) is 2.09. The Labute approximate surface area is 158 Å². The van der Waals surface area contributed by atoms with Crippen LogP contribution in [0.1, 0.15) is 25.3 Å². The Morgan fingerprint density at radius 2 is 1.96 bits per heavy atom. The van der Waals surface area contributed by atoms with Gasteiger partial charge in [0.15, 0.2) is 5.69 Å². The highest BCUT2D eigenvalue weighted by Crippen LogP contribution is 2.40. The number of unbranched alkanes of at least 4 members (excludes halogenated alkanes) is 1. The predicted molar refractivity (Wildman–Crippen MR) is 105 cm³/mol. The number of aryl methyl sites for hydroxylation is 1. The number of amides is 1. The summed E-state index contributed by atoms with van der Waals surface area (Å²) in [5.41, 5.74) is 2.00. The largest absolute Gasteiger partial charge is 0.497 e. The van der Waals surface area contributed by atoms with Gasteiger partial charge < -0.3 is 14.4 Å². The lowest BCUT2D eigenvalue weighted by Gasteiger charge is -2.05. The van der Waals surface area contributed by atoms with Crippen LogP contribution in [0.3, 0.4) is 0 Å². The number of rotatable bonds is 7. The average molecular weight is 365 g/mol. The Morgan fingerprint density at radius 1 is 1.19 bits per heavy atom. The molecule has 0 saturated carbocycles. The van der Waals surface area contributed by atoms with E-state index in [0.717, 1.165) is 23.9 Å². The van der Waals surface area contributed by atoms with Gasteiger partial charge in [-0.2, -0.15) is 0 Å². The molecule has 0 atom stereocenters. The van der Waals surface area contributed by atoms with Crippen LogP contribution in [0.5, 0.6) is 11.6 Å². The third-order valence-corrected chi connectivity index (χ3v) is 4.41. The van der Waals surface area contributed by atoms with E-state index >= 15 is 0 Å². The Bertz CT molecular complexity index is 962. The highest BCUT2D eigenvalue weighted by molar-refractivity contribution is 5.96. The van der Waals surface area contributed by atoms with Crippen LogP contribution >= 0.6 is 0 Å². The molecule has 0 aliphatic heterocycles. The molecule has 3 rings (SSSR count). The van der Waals surface area contributed by atoms with Crippen LogP contribution in [0.25, 0.3) is 10.9 Å². The number of aromatic hydroxyl groups is 1. The number of benzene rings is 2. The Morgan fingerprint density at radius 3 is 2.67 bits per heavy atom. The van der Waals surface area contributed by atoms with Crippen LogP contribution in [0, 0.1) is 0 Å². The summed E-state index contributed by atoms with van der Waals surface area (Å²) in [5, 5.41) is 19.3. The second-order valence-electron chi connectivity index (χ2n) is 6.32. The molecule has 1 N–H and O–H groups in total. The zero-order valence-electron chi connectivity index (χ0n) is 15.6. The summed E-state index contributed by atoms with van der Waals surface area (Å²) in [7, 11) is 1.58. The SMILES string of the molecule is CCCCn1c(O)c(N=NC(=O)Cc2ccccc2)c2cc(OC)ccc21. The van der Waals surface area contributed by atoms with E-state index < -0.39 is 0 Å². The fourth-order valence-electron chi connectivity index (χ4n) is 2.98. The maximum Gasteiger partial charge on any atom is 0.269 e. The number of nitrogens with zero attached hydrogens (tertiary/aromatic N) is 3. The number of hydrogen-bond acceptors (Lipinski definition) is 4. The molecule has 6 heteroatoms. The van der Waals surface area contributed by atoms with Crippen LogP contribution < -0.4 is 4.74 Å². The summed E-state index contributed by atoms with van der Waals surface area (Å²) in [5.74, 6) is 0.308. The molecule has 6 nitrogen and oxygen atoms in total. The minimum absolute atomic E-state index is 0.0166. The molecule has 0 aliphatic rings. The van der Waals surface area contributed by atoms with E-state index in [1.165, 1.54) is 0 Å².